The molecular formula is C22H21N3O5S. The van der Waals surface area contributed by atoms with Crippen molar-refractivity contribution in [2.45, 2.75) is 24.0 Å². The molecule has 1 aliphatic heterocycles. The van der Waals surface area contributed by atoms with Crippen molar-refractivity contribution in [3.8, 4) is 11.1 Å². The van der Waals surface area contributed by atoms with Crippen LogP contribution in [-0.4, -0.2) is 41.4 Å². The number of fused-ring (bicyclic) bond motifs is 3. The van der Waals surface area contributed by atoms with Crippen molar-refractivity contribution in [3.63, 3.8) is 0 Å². The molecule has 0 spiro atoms. The molecule has 2 aliphatic rings. The highest BCUT2D eigenvalue weighted by Gasteiger charge is 2.31. The van der Waals surface area contributed by atoms with E-state index in [2.05, 4.69) is 10.6 Å². The number of rotatable bonds is 7. The van der Waals surface area contributed by atoms with Crippen LogP contribution in [0.15, 0.2) is 42.5 Å². The van der Waals surface area contributed by atoms with Crippen LogP contribution in [0, 0.1) is 0 Å². The van der Waals surface area contributed by atoms with Gasteiger partial charge < -0.3 is 15.8 Å². The molecule has 1 heterocycles. The van der Waals surface area contributed by atoms with Crippen molar-refractivity contribution in [2.75, 3.05) is 17.7 Å². The van der Waals surface area contributed by atoms with E-state index in [1.807, 2.05) is 42.5 Å². The fourth-order valence-electron chi connectivity index (χ4n) is 3.91. The largest absolute Gasteiger partial charge is 0.449 e. The van der Waals surface area contributed by atoms with Gasteiger partial charge in [-0.1, -0.05) is 30.3 Å². The van der Waals surface area contributed by atoms with Crippen LogP contribution in [0.5, 0.6) is 0 Å². The van der Waals surface area contributed by atoms with Gasteiger partial charge in [0.05, 0.1) is 5.25 Å². The van der Waals surface area contributed by atoms with Crippen molar-refractivity contribution >= 4 is 41.3 Å². The van der Waals surface area contributed by atoms with Gasteiger partial charge in [-0.2, -0.15) is 0 Å². The summed E-state index contributed by atoms with van der Waals surface area (Å²) in [6, 6.07) is 13.5. The SMILES string of the molecule is NC(=O)OCC1c2ccccc2-c2ccc(NC(=O)CCSC3CC(=O)NC3=O)cc21. The van der Waals surface area contributed by atoms with Crippen molar-refractivity contribution in [1.29, 1.82) is 0 Å². The minimum absolute atomic E-state index is 0.121. The van der Waals surface area contributed by atoms with Crippen LogP contribution in [0.4, 0.5) is 10.5 Å². The Kier molecular flexibility index (Phi) is 5.94. The number of carbonyl (C=O) groups excluding carboxylic acids is 4. The van der Waals surface area contributed by atoms with E-state index < -0.39 is 11.3 Å². The van der Waals surface area contributed by atoms with Crippen molar-refractivity contribution in [3.05, 3.63) is 53.6 Å². The topological polar surface area (TPSA) is 128 Å². The van der Waals surface area contributed by atoms with Crippen LogP contribution in [0.1, 0.15) is 29.9 Å². The summed E-state index contributed by atoms with van der Waals surface area (Å²) in [6.45, 7) is 0.121. The van der Waals surface area contributed by atoms with Gasteiger partial charge in [0.15, 0.2) is 0 Å². The Bertz CT molecular complexity index is 1070. The Morgan fingerprint density at radius 3 is 2.65 bits per heavy atom. The van der Waals surface area contributed by atoms with Gasteiger partial charge >= 0.3 is 6.09 Å². The molecule has 4 amide bonds. The minimum Gasteiger partial charge on any atom is -0.449 e. The number of benzene rings is 2. The predicted molar refractivity (Wildman–Crippen MR) is 117 cm³/mol. The number of anilines is 1. The molecule has 0 saturated carbocycles. The summed E-state index contributed by atoms with van der Waals surface area (Å²) in [5.41, 5.74) is 9.88. The molecule has 1 fully saturated rings. The Labute approximate surface area is 182 Å². The Hall–Kier alpha value is -3.33. The number of primary amides is 1. The second-order valence-electron chi connectivity index (χ2n) is 7.35. The van der Waals surface area contributed by atoms with E-state index in [-0.39, 0.29) is 43.1 Å². The number of nitrogens with one attached hydrogen (secondary N) is 2. The molecule has 4 rings (SSSR count). The Balaban J connectivity index is 1.41. The monoisotopic (exact) mass is 439 g/mol. The molecule has 1 saturated heterocycles. The number of carbonyl (C=O) groups is 4. The first-order chi connectivity index (χ1) is 14.9. The zero-order valence-electron chi connectivity index (χ0n) is 16.6. The third kappa shape index (κ3) is 4.56. The average molecular weight is 439 g/mol. The van der Waals surface area contributed by atoms with Gasteiger partial charge in [0, 0.05) is 30.2 Å². The van der Waals surface area contributed by atoms with Crippen molar-refractivity contribution in [1.82, 2.24) is 5.32 Å². The third-order valence-corrected chi connectivity index (χ3v) is 6.53. The second-order valence-corrected chi connectivity index (χ2v) is 8.66. The Morgan fingerprint density at radius 2 is 1.90 bits per heavy atom. The van der Waals surface area contributed by atoms with Crippen LogP contribution < -0.4 is 16.4 Å². The molecular weight excluding hydrogens is 418 g/mol. The van der Waals surface area contributed by atoms with E-state index >= 15 is 0 Å². The van der Waals surface area contributed by atoms with Crippen LogP contribution in [-0.2, 0) is 19.1 Å². The molecule has 2 aromatic carbocycles. The highest BCUT2D eigenvalue weighted by molar-refractivity contribution is 8.00. The lowest BCUT2D eigenvalue weighted by Gasteiger charge is -2.14. The number of ether oxygens (including phenoxy) is 1. The maximum atomic E-state index is 12.4. The first-order valence-electron chi connectivity index (χ1n) is 9.83. The van der Waals surface area contributed by atoms with Crippen molar-refractivity contribution in [2.24, 2.45) is 5.73 Å². The highest BCUT2D eigenvalue weighted by Crippen LogP contribution is 2.45. The molecule has 0 radical (unpaired) electrons. The maximum Gasteiger partial charge on any atom is 0.404 e. The molecule has 1 aliphatic carbocycles. The number of imide groups is 1. The summed E-state index contributed by atoms with van der Waals surface area (Å²) < 4.78 is 5.07. The first kappa shape index (κ1) is 20.9. The van der Waals surface area contributed by atoms with Gasteiger partial charge in [0.25, 0.3) is 0 Å². The predicted octanol–water partition coefficient (Wildman–Crippen LogP) is 2.37. The molecule has 8 nitrogen and oxygen atoms in total. The molecule has 2 atom stereocenters. The highest BCUT2D eigenvalue weighted by atomic mass is 32.2. The molecule has 0 bridgehead atoms. The number of amides is 4. The zero-order valence-corrected chi connectivity index (χ0v) is 17.4. The van der Waals surface area contributed by atoms with E-state index in [9.17, 15) is 19.2 Å². The summed E-state index contributed by atoms with van der Waals surface area (Å²) >= 11 is 1.30. The van der Waals surface area contributed by atoms with Crippen LogP contribution in [0.2, 0.25) is 0 Å². The number of nitrogens with two attached hydrogens (primary N) is 1. The summed E-state index contributed by atoms with van der Waals surface area (Å²) in [7, 11) is 0. The zero-order chi connectivity index (χ0) is 22.0. The molecule has 160 valence electrons. The van der Waals surface area contributed by atoms with Crippen LogP contribution in [0.25, 0.3) is 11.1 Å². The summed E-state index contributed by atoms with van der Waals surface area (Å²) in [5.74, 6) is -0.483. The standard InChI is InChI=1S/C22H21N3O5S/c23-22(29)30-11-17-14-4-2-1-3-13(14)15-6-5-12(9-16(15)17)24-19(26)7-8-31-18-10-20(27)25-21(18)28/h1-6,9,17-18H,7-8,10-11H2,(H2,23,29)(H,24,26)(H,25,27,28). The second kappa shape index (κ2) is 8.81. The lowest BCUT2D eigenvalue weighted by atomic mass is 9.97. The number of hydrogen-bond donors (Lipinski definition) is 3. The van der Waals surface area contributed by atoms with Gasteiger partial charge in [-0.05, 0) is 34.4 Å². The molecule has 2 unspecified atom stereocenters. The first-order valence-corrected chi connectivity index (χ1v) is 10.9. The molecule has 4 N–H and O–H groups in total. The van der Waals surface area contributed by atoms with E-state index in [1.54, 1.807) is 0 Å². The smallest absolute Gasteiger partial charge is 0.404 e. The lowest BCUT2D eigenvalue weighted by Crippen LogP contribution is -2.23. The fourth-order valence-corrected chi connectivity index (χ4v) is 4.98. The van der Waals surface area contributed by atoms with Crippen LogP contribution in [0.3, 0.4) is 0 Å². The van der Waals surface area contributed by atoms with E-state index in [1.165, 1.54) is 11.8 Å². The quantitative estimate of drug-likeness (QED) is 0.569. The summed E-state index contributed by atoms with van der Waals surface area (Å²) in [6.07, 6.45) is -0.454. The number of hydrogen-bond acceptors (Lipinski definition) is 6. The number of thioether (sulfide) groups is 1. The van der Waals surface area contributed by atoms with Gasteiger partial charge in [0.2, 0.25) is 17.7 Å². The van der Waals surface area contributed by atoms with Gasteiger partial charge in [-0.15, -0.1) is 11.8 Å². The fraction of sp³-hybridized carbons (Fsp3) is 0.273. The lowest BCUT2D eigenvalue weighted by molar-refractivity contribution is -0.124. The van der Waals surface area contributed by atoms with E-state index in [0.717, 1.165) is 22.3 Å². The maximum absolute atomic E-state index is 12.4. The van der Waals surface area contributed by atoms with E-state index in [4.69, 9.17) is 10.5 Å². The third-order valence-electron chi connectivity index (χ3n) is 5.30. The molecule has 9 heteroatoms. The summed E-state index contributed by atoms with van der Waals surface area (Å²) in [4.78, 5) is 46.3. The van der Waals surface area contributed by atoms with Crippen molar-refractivity contribution < 1.29 is 23.9 Å². The molecule has 0 aromatic heterocycles. The minimum atomic E-state index is -0.828. The molecule has 2 aromatic rings. The van der Waals surface area contributed by atoms with Crippen LogP contribution >= 0.6 is 11.8 Å². The normalized spacial score (nSPS) is 18.8. The van der Waals surface area contributed by atoms with Gasteiger partial charge in [0.1, 0.15) is 6.61 Å². The Morgan fingerprint density at radius 1 is 1.13 bits per heavy atom. The van der Waals surface area contributed by atoms with Gasteiger partial charge in [-0.3, -0.25) is 19.7 Å². The van der Waals surface area contributed by atoms with Gasteiger partial charge in [-0.25, -0.2) is 4.79 Å². The average Bonchev–Trinajstić information content (AvgIpc) is 3.22. The summed E-state index contributed by atoms with van der Waals surface area (Å²) in [5, 5.41) is 4.71. The van der Waals surface area contributed by atoms with E-state index in [0.29, 0.717) is 11.4 Å². The molecule has 31 heavy (non-hydrogen) atoms.